The number of hydrogen-bond acceptors (Lipinski definition) is 5. The average Bonchev–Trinajstić information content (AvgIpc) is 2.70. The zero-order valence-corrected chi connectivity index (χ0v) is 16.2. The highest BCUT2D eigenvalue weighted by Gasteiger charge is 2.21. The topological polar surface area (TPSA) is 44.3 Å². The predicted octanol–water partition coefficient (Wildman–Crippen LogP) is 4.30. The van der Waals surface area contributed by atoms with Gasteiger partial charge in [-0.25, -0.2) is 14.4 Å². The van der Waals surface area contributed by atoms with E-state index in [-0.39, 0.29) is 5.82 Å². The lowest BCUT2D eigenvalue weighted by Crippen LogP contribution is -2.47. The molecule has 0 unspecified atom stereocenters. The Balaban J connectivity index is 1.47. The molecule has 6 heteroatoms. The van der Waals surface area contributed by atoms with Crippen LogP contribution in [0, 0.1) is 19.7 Å². The van der Waals surface area contributed by atoms with Crippen LogP contribution in [0.4, 0.5) is 27.4 Å². The maximum absolute atomic E-state index is 14.0. The number of para-hydroxylation sites is 1. The highest BCUT2D eigenvalue weighted by molar-refractivity contribution is 5.60. The third kappa shape index (κ3) is 4.06. The minimum Gasteiger partial charge on any atom is -0.366 e. The summed E-state index contributed by atoms with van der Waals surface area (Å²) in [6, 6.07) is 17.1. The molecular formula is C22H24FN5. The van der Waals surface area contributed by atoms with Crippen molar-refractivity contribution in [1.82, 2.24) is 9.97 Å². The Labute approximate surface area is 164 Å². The number of nitrogens with one attached hydrogen (secondary N) is 1. The van der Waals surface area contributed by atoms with E-state index in [4.69, 9.17) is 0 Å². The molecule has 1 fully saturated rings. The Bertz CT molecular complexity index is 949. The standard InChI is InChI=1S/C22H24FN5/c1-16-7-9-18(10-8-16)26-21-15-22(25-17(2)24-21)28-13-11-27(12-14-28)20-6-4-3-5-19(20)23/h3-10,15H,11-14H2,1-2H3,(H,24,25,26). The third-order valence-electron chi connectivity index (χ3n) is 4.95. The number of nitrogens with zero attached hydrogens (tertiary/aromatic N) is 4. The molecule has 0 atom stereocenters. The van der Waals surface area contributed by atoms with Crippen LogP contribution in [0.1, 0.15) is 11.4 Å². The molecule has 0 aliphatic carbocycles. The molecule has 2 heterocycles. The maximum Gasteiger partial charge on any atom is 0.146 e. The minimum absolute atomic E-state index is 0.168. The van der Waals surface area contributed by atoms with E-state index in [0.717, 1.165) is 49.3 Å². The van der Waals surface area contributed by atoms with Crippen molar-refractivity contribution in [2.75, 3.05) is 41.3 Å². The Morgan fingerprint density at radius 1 is 0.857 bits per heavy atom. The lowest BCUT2D eigenvalue weighted by Gasteiger charge is -2.37. The fourth-order valence-corrected chi connectivity index (χ4v) is 3.45. The van der Waals surface area contributed by atoms with Crippen molar-refractivity contribution in [3.63, 3.8) is 0 Å². The Hall–Kier alpha value is -3.15. The molecule has 1 saturated heterocycles. The monoisotopic (exact) mass is 377 g/mol. The third-order valence-corrected chi connectivity index (χ3v) is 4.95. The normalized spacial score (nSPS) is 14.2. The van der Waals surface area contributed by atoms with Gasteiger partial charge in [0.25, 0.3) is 0 Å². The Morgan fingerprint density at radius 2 is 1.54 bits per heavy atom. The van der Waals surface area contributed by atoms with Crippen molar-refractivity contribution in [2.45, 2.75) is 13.8 Å². The second-order valence-corrected chi connectivity index (χ2v) is 7.08. The fourth-order valence-electron chi connectivity index (χ4n) is 3.45. The first kappa shape index (κ1) is 18.2. The van der Waals surface area contributed by atoms with Gasteiger partial charge >= 0.3 is 0 Å². The van der Waals surface area contributed by atoms with E-state index in [2.05, 4.69) is 44.1 Å². The van der Waals surface area contributed by atoms with Crippen molar-refractivity contribution in [1.29, 1.82) is 0 Å². The number of rotatable bonds is 4. The van der Waals surface area contributed by atoms with Crippen molar-refractivity contribution in [2.24, 2.45) is 0 Å². The van der Waals surface area contributed by atoms with Crippen LogP contribution in [0.15, 0.2) is 54.6 Å². The van der Waals surface area contributed by atoms with Gasteiger partial charge in [0.05, 0.1) is 5.69 Å². The number of aromatic nitrogens is 2. The van der Waals surface area contributed by atoms with Gasteiger partial charge in [-0.15, -0.1) is 0 Å². The quantitative estimate of drug-likeness (QED) is 0.734. The van der Waals surface area contributed by atoms with Gasteiger partial charge in [-0.2, -0.15) is 0 Å². The molecule has 28 heavy (non-hydrogen) atoms. The van der Waals surface area contributed by atoms with Gasteiger partial charge in [0.1, 0.15) is 23.3 Å². The van der Waals surface area contributed by atoms with Crippen LogP contribution >= 0.6 is 0 Å². The van der Waals surface area contributed by atoms with Crippen LogP contribution in [-0.2, 0) is 0 Å². The van der Waals surface area contributed by atoms with E-state index in [1.165, 1.54) is 11.6 Å². The molecule has 1 aliphatic rings. The van der Waals surface area contributed by atoms with Gasteiger partial charge in [-0.3, -0.25) is 0 Å². The molecule has 1 N–H and O–H groups in total. The molecule has 3 aromatic rings. The maximum atomic E-state index is 14.0. The van der Waals surface area contributed by atoms with E-state index in [1.54, 1.807) is 6.07 Å². The summed E-state index contributed by atoms with van der Waals surface area (Å²) in [6.07, 6.45) is 0. The Kier molecular flexibility index (Phi) is 5.10. The van der Waals surface area contributed by atoms with Crippen molar-refractivity contribution in [3.05, 3.63) is 71.8 Å². The molecule has 5 nitrogen and oxygen atoms in total. The van der Waals surface area contributed by atoms with Crippen LogP contribution in [0.2, 0.25) is 0 Å². The number of halogens is 1. The molecule has 144 valence electrons. The van der Waals surface area contributed by atoms with Crippen LogP contribution in [0.5, 0.6) is 0 Å². The van der Waals surface area contributed by atoms with Gasteiger partial charge in [0, 0.05) is 37.9 Å². The highest BCUT2D eigenvalue weighted by atomic mass is 19.1. The van der Waals surface area contributed by atoms with E-state index in [9.17, 15) is 4.39 Å². The van der Waals surface area contributed by atoms with Gasteiger partial charge < -0.3 is 15.1 Å². The lowest BCUT2D eigenvalue weighted by atomic mass is 10.2. The number of hydrogen-bond donors (Lipinski definition) is 1. The summed E-state index contributed by atoms with van der Waals surface area (Å²) in [5.41, 5.74) is 2.89. The first-order valence-electron chi connectivity index (χ1n) is 9.52. The summed E-state index contributed by atoms with van der Waals surface area (Å²) in [5.74, 6) is 2.24. The largest absolute Gasteiger partial charge is 0.366 e. The van der Waals surface area contributed by atoms with Gasteiger partial charge in [0.2, 0.25) is 0 Å². The van der Waals surface area contributed by atoms with E-state index in [0.29, 0.717) is 5.69 Å². The molecule has 1 aliphatic heterocycles. The molecule has 0 bridgehead atoms. The van der Waals surface area contributed by atoms with Crippen molar-refractivity contribution >= 4 is 23.0 Å². The number of piperazine rings is 1. The summed E-state index contributed by atoms with van der Waals surface area (Å²) < 4.78 is 14.0. The average molecular weight is 377 g/mol. The van der Waals surface area contributed by atoms with Gasteiger partial charge in [-0.05, 0) is 38.1 Å². The zero-order chi connectivity index (χ0) is 19.5. The Morgan fingerprint density at radius 3 is 2.25 bits per heavy atom. The molecule has 0 spiro atoms. The highest BCUT2D eigenvalue weighted by Crippen LogP contribution is 2.24. The van der Waals surface area contributed by atoms with Crippen LogP contribution in [0.25, 0.3) is 0 Å². The smallest absolute Gasteiger partial charge is 0.146 e. The minimum atomic E-state index is -0.168. The fraction of sp³-hybridized carbons (Fsp3) is 0.273. The first-order chi connectivity index (χ1) is 13.6. The SMILES string of the molecule is Cc1ccc(Nc2cc(N3CCN(c4ccccc4F)CC3)nc(C)n2)cc1. The first-order valence-corrected chi connectivity index (χ1v) is 9.52. The molecule has 1 aromatic heterocycles. The van der Waals surface area contributed by atoms with Crippen LogP contribution in [0.3, 0.4) is 0 Å². The molecule has 0 radical (unpaired) electrons. The van der Waals surface area contributed by atoms with Gasteiger partial charge in [-0.1, -0.05) is 29.8 Å². The van der Waals surface area contributed by atoms with Crippen LogP contribution < -0.4 is 15.1 Å². The summed E-state index contributed by atoms with van der Waals surface area (Å²) in [7, 11) is 0. The van der Waals surface area contributed by atoms with Gasteiger partial charge in [0.15, 0.2) is 0 Å². The van der Waals surface area contributed by atoms with E-state index in [1.807, 2.05) is 37.3 Å². The van der Waals surface area contributed by atoms with E-state index < -0.39 is 0 Å². The summed E-state index contributed by atoms with van der Waals surface area (Å²) in [4.78, 5) is 13.4. The second-order valence-electron chi connectivity index (χ2n) is 7.08. The summed E-state index contributed by atoms with van der Waals surface area (Å²) in [6.45, 7) is 7.05. The number of benzene rings is 2. The zero-order valence-electron chi connectivity index (χ0n) is 16.2. The summed E-state index contributed by atoms with van der Waals surface area (Å²) >= 11 is 0. The predicted molar refractivity (Wildman–Crippen MR) is 112 cm³/mol. The molecular weight excluding hydrogens is 353 g/mol. The van der Waals surface area contributed by atoms with Crippen molar-refractivity contribution < 1.29 is 4.39 Å². The molecule has 2 aromatic carbocycles. The number of aryl methyl sites for hydroxylation is 2. The van der Waals surface area contributed by atoms with E-state index >= 15 is 0 Å². The summed E-state index contributed by atoms with van der Waals surface area (Å²) in [5, 5.41) is 3.36. The van der Waals surface area contributed by atoms with Crippen molar-refractivity contribution in [3.8, 4) is 0 Å². The molecule has 0 amide bonds. The molecule has 4 rings (SSSR count). The molecule has 0 saturated carbocycles. The number of anilines is 4. The lowest BCUT2D eigenvalue weighted by molar-refractivity contribution is 0.596. The van der Waals surface area contributed by atoms with Crippen LogP contribution in [-0.4, -0.2) is 36.1 Å². The second kappa shape index (κ2) is 7.84.